The summed E-state index contributed by atoms with van der Waals surface area (Å²) >= 11 is 0. The summed E-state index contributed by atoms with van der Waals surface area (Å²) in [5, 5.41) is 8.38. The van der Waals surface area contributed by atoms with Gasteiger partial charge in [-0.25, -0.2) is 8.78 Å². The minimum absolute atomic E-state index is 0.0638. The van der Waals surface area contributed by atoms with Gasteiger partial charge in [-0.2, -0.15) is 0 Å². The van der Waals surface area contributed by atoms with Gasteiger partial charge in [-0.3, -0.25) is 14.4 Å². The molecule has 1 aliphatic heterocycles. The minimum atomic E-state index is -1.07. The van der Waals surface area contributed by atoms with Crippen LogP contribution in [0.2, 0.25) is 0 Å². The van der Waals surface area contributed by atoms with Gasteiger partial charge in [0.15, 0.2) is 11.6 Å². The van der Waals surface area contributed by atoms with Crippen LogP contribution < -0.4 is 10.6 Å². The quantitative estimate of drug-likeness (QED) is 0.183. The lowest BCUT2D eigenvalue weighted by atomic mass is 9.98. The van der Waals surface area contributed by atoms with Gasteiger partial charge < -0.3 is 25.2 Å². The average Bonchev–Trinajstić information content (AvgIpc) is 3.56. The van der Waals surface area contributed by atoms with Crippen LogP contribution in [-0.4, -0.2) is 85.5 Å². The number of rotatable bonds is 15. The second-order valence-electron chi connectivity index (χ2n) is 13.4. The molecule has 50 heavy (non-hydrogen) atoms. The van der Waals surface area contributed by atoms with Gasteiger partial charge in [0.1, 0.15) is 18.7 Å². The third-order valence-corrected chi connectivity index (χ3v) is 9.58. The van der Waals surface area contributed by atoms with Crippen molar-refractivity contribution in [1.29, 1.82) is 0 Å². The zero-order chi connectivity index (χ0) is 35.7. The van der Waals surface area contributed by atoms with Gasteiger partial charge in [-0.05, 0) is 72.3 Å². The Morgan fingerprint density at radius 3 is 2.22 bits per heavy atom. The Morgan fingerprint density at radius 1 is 0.820 bits per heavy atom. The van der Waals surface area contributed by atoms with Crippen molar-refractivity contribution in [3.8, 4) is 0 Å². The van der Waals surface area contributed by atoms with Gasteiger partial charge in [0.05, 0.1) is 6.61 Å². The van der Waals surface area contributed by atoms with Crippen LogP contribution in [0.4, 0.5) is 8.78 Å². The molecule has 0 unspecified atom stereocenters. The molecule has 4 aromatic rings. The monoisotopic (exact) mass is 684 g/mol. The number of likely N-dealkylation sites (N-methyl/N-ethyl adjacent to an activating group) is 2. The number of carbonyl (C=O) groups excluding carboxylic acids is 3. The SMILES string of the molecule is CN(C(=O)COC[C@]1(C)CCCN1)[C@H](Cc1ccc2ccccc2c1)C(=O)N(C)[C@H](Cc1ccc(F)c(F)c1)C(=O)NCCc1ccccc1. The number of hydrogen-bond acceptors (Lipinski definition) is 5. The van der Waals surface area contributed by atoms with Crippen molar-refractivity contribution in [2.75, 3.05) is 40.4 Å². The van der Waals surface area contributed by atoms with E-state index < -0.39 is 35.5 Å². The zero-order valence-electron chi connectivity index (χ0n) is 29.0. The molecule has 3 amide bonds. The molecule has 10 heteroatoms. The van der Waals surface area contributed by atoms with E-state index in [9.17, 15) is 23.2 Å². The molecule has 1 aliphatic rings. The van der Waals surface area contributed by atoms with Crippen LogP contribution in [-0.2, 0) is 38.4 Å². The lowest BCUT2D eigenvalue weighted by molar-refractivity contribution is -0.149. The summed E-state index contributed by atoms with van der Waals surface area (Å²) < 4.78 is 33.9. The molecule has 1 saturated heterocycles. The van der Waals surface area contributed by atoms with Crippen molar-refractivity contribution in [3.63, 3.8) is 0 Å². The van der Waals surface area contributed by atoms with Crippen molar-refractivity contribution in [1.82, 2.24) is 20.4 Å². The van der Waals surface area contributed by atoms with Gasteiger partial charge in [-0.1, -0.05) is 78.9 Å². The molecule has 5 rings (SSSR count). The first-order chi connectivity index (χ1) is 24.0. The second-order valence-corrected chi connectivity index (χ2v) is 13.4. The second kappa shape index (κ2) is 16.8. The van der Waals surface area contributed by atoms with Gasteiger partial charge in [0, 0.05) is 39.0 Å². The number of benzene rings is 4. The smallest absolute Gasteiger partial charge is 0.249 e. The Morgan fingerprint density at radius 2 is 1.50 bits per heavy atom. The molecule has 4 aromatic carbocycles. The summed E-state index contributed by atoms with van der Waals surface area (Å²) in [4.78, 5) is 44.6. The summed E-state index contributed by atoms with van der Waals surface area (Å²) in [7, 11) is 3.08. The fourth-order valence-corrected chi connectivity index (χ4v) is 6.48. The first-order valence-corrected chi connectivity index (χ1v) is 17.1. The molecule has 0 bridgehead atoms. The highest BCUT2D eigenvalue weighted by molar-refractivity contribution is 5.93. The topological polar surface area (TPSA) is 91.0 Å². The predicted octanol–water partition coefficient (Wildman–Crippen LogP) is 5.07. The van der Waals surface area contributed by atoms with E-state index in [2.05, 4.69) is 17.6 Å². The van der Waals surface area contributed by atoms with E-state index in [-0.39, 0.29) is 30.9 Å². The third kappa shape index (κ3) is 9.52. The van der Waals surface area contributed by atoms with Crippen molar-refractivity contribution in [2.24, 2.45) is 0 Å². The van der Waals surface area contributed by atoms with Crippen LogP contribution in [0.3, 0.4) is 0 Å². The number of amides is 3. The highest BCUT2D eigenvalue weighted by atomic mass is 19.2. The number of nitrogens with one attached hydrogen (secondary N) is 2. The van der Waals surface area contributed by atoms with Crippen molar-refractivity contribution < 1.29 is 27.9 Å². The molecule has 0 aromatic heterocycles. The number of ether oxygens (including phenoxy) is 1. The van der Waals surface area contributed by atoms with Gasteiger partial charge in [-0.15, -0.1) is 0 Å². The van der Waals surface area contributed by atoms with E-state index in [0.717, 1.165) is 53.4 Å². The van der Waals surface area contributed by atoms with Crippen LogP contribution in [0, 0.1) is 11.6 Å². The number of halogens is 2. The highest BCUT2D eigenvalue weighted by Gasteiger charge is 2.36. The number of fused-ring (bicyclic) bond motifs is 1. The maximum Gasteiger partial charge on any atom is 0.249 e. The number of hydrogen-bond donors (Lipinski definition) is 2. The normalized spacial score (nSPS) is 16.9. The zero-order valence-corrected chi connectivity index (χ0v) is 29.0. The van der Waals surface area contributed by atoms with Crippen LogP contribution >= 0.6 is 0 Å². The third-order valence-electron chi connectivity index (χ3n) is 9.58. The molecule has 8 nitrogen and oxygen atoms in total. The van der Waals surface area contributed by atoms with E-state index in [0.29, 0.717) is 25.1 Å². The molecule has 1 fully saturated rings. The maximum absolute atomic E-state index is 14.5. The summed E-state index contributed by atoms with van der Waals surface area (Å²) in [6.07, 6.45) is 2.67. The highest BCUT2D eigenvalue weighted by Crippen LogP contribution is 2.22. The average molecular weight is 685 g/mol. The Labute approximate surface area is 292 Å². The summed E-state index contributed by atoms with van der Waals surface area (Å²) in [6, 6.07) is 24.8. The molecule has 0 radical (unpaired) electrons. The fourth-order valence-electron chi connectivity index (χ4n) is 6.48. The largest absolute Gasteiger partial charge is 0.370 e. The summed E-state index contributed by atoms with van der Waals surface area (Å²) in [6.45, 7) is 3.41. The van der Waals surface area contributed by atoms with Gasteiger partial charge in [0.2, 0.25) is 17.7 Å². The van der Waals surface area contributed by atoms with E-state index in [1.165, 1.54) is 22.9 Å². The van der Waals surface area contributed by atoms with Crippen molar-refractivity contribution in [2.45, 2.75) is 56.7 Å². The molecule has 3 atom stereocenters. The van der Waals surface area contributed by atoms with E-state index in [4.69, 9.17) is 4.74 Å². The standard InChI is InChI=1S/C40H46F2N4O4/c1-40(19-9-20-44-40)27-50-26-37(47)45(2)36(25-29-14-16-31-12-7-8-13-32(31)22-29)39(49)46(3)35(24-30-15-17-33(41)34(42)23-30)38(48)43-21-18-28-10-5-4-6-11-28/h4-8,10-17,22-23,35-36,44H,9,18-21,24-27H2,1-3H3,(H,43,48)/t35-,36-,40+/m1/s1. The Bertz CT molecular complexity index is 1780. The molecule has 2 N–H and O–H groups in total. The molecule has 0 spiro atoms. The van der Waals surface area contributed by atoms with E-state index >= 15 is 0 Å². The van der Waals surface area contributed by atoms with Gasteiger partial charge >= 0.3 is 0 Å². The molecule has 0 aliphatic carbocycles. The molecular formula is C40H46F2N4O4. The minimum Gasteiger partial charge on any atom is -0.370 e. The molecule has 1 heterocycles. The summed E-state index contributed by atoms with van der Waals surface area (Å²) in [5.74, 6) is -3.33. The molecule has 0 saturated carbocycles. The number of carbonyl (C=O) groups is 3. The fraction of sp³-hybridized carbons (Fsp3) is 0.375. The first kappa shape index (κ1) is 36.6. The van der Waals surface area contributed by atoms with Crippen LogP contribution in [0.15, 0.2) is 91.0 Å². The number of nitrogens with zero attached hydrogens (tertiary/aromatic N) is 2. The van der Waals surface area contributed by atoms with Crippen molar-refractivity contribution in [3.05, 3.63) is 119 Å². The van der Waals surface area contributed by atoms with Crippen LogP contribution in [0.5, 0.6) is 0 Å². The Hall–Kier alpha value is -4.67. The van der Waals surface area contributed by atoms with Crippen LogP contribution in [0.1, 0.15) is 36.5 Å². The molecule has 264 valence electrons. The van der Waals surface area contributed by atoms with E-state index in [1.807, 2.05) is 72.8 Å². The Kier molecular flexibility index (Phi) is 12.3. The van der Waals surface area contributed by atoms with Crippen LogP contribution in [0.25, 0.3) is 10.8 Å². The lowest BCUT2D eigenvalue weighted by Crippen LogP contribution is -2.56. The first-order valence-electron chi connectivity index (χ1n) is 17.1. The summed E-state index contributed by atoms with van der Waals surface area (Å²) in [5.41, 5.74) is 2.01. The van der Waals surface area contributed by atoms with Gasteiger partial charge in [0.25, 0.3) is 0 Å². The maximum atomic E-state index is 14.5. The lowest BCUT2D eigenvalue weighted by Gasteiger charge is -2.35. The van der Waals surface area contributed by atoms with Crippen molar-refractivity contribution >= 4 is 28.5 Å². The predicted molar refractivity (Wildman–Crippen MR) is 190 cm³/mol. The molecular weight excluding hydrogens is 638 g/mol. The Balaban J connectivity index is 1.39. The van der Waals surface area contributed by atoms with E-state index in [1.54, 1.807) is 7.05 Å².